The third-order valence-electron chi connectivity index (χ3n) is 3.77. The highest BCUT2D eigenvalue weighted by molar-refractivity contribution is 7.22. The van der Waals surface area contributed by atoms with Crippen LogP contribution in [0.15, 0.2) is 18.2 Å². The van der Waals surface area contributed by atoms with Crippen LogP contribution in [0.5, 0.6) is 0 Å². The monoisotopic (exact) mass is 261 g/mol. The first-order chi connectivity index (χ1) is 8.75. The Hall–Kier alpha value is -1.13. The molecular formula is C14H19N3S. The molecule has 0 saturated carbocycles. The van der Waals surface area contributed by atoms with Crippen LogP contribution in [0.4, 0.5) is 5.13 Å². The number of fused-ring (bicyclic) bond motifs is 1. The van der Waals surface area contributed by atoms with Crippen LogP contribution >= 0.6 is 11.3 Å². The van der Waals surface area contributed by atoms with Gasteiger partial charge in [-0.2, -0.15) is 0 Å². The first-order valence-electron chi connectivity index (χ1n) is 6.55. The number of aryl methyl sites for hydroxylation is 1. The van der Waals surface area contributed by atoms with Crippen LogP contribution in [-0.2, 0) is 0 Å². The van der Waals surface area contributed by atoms with Gasteiger partial charge < -0.3 is 10.2 Å². The Morgan fingerprint density at radius 1 is 1.33 bits per heavy atom. The Bertz CT molecular complexity index is 543. The smallest absolute Gasteiger partial charge is 0.186 e. The highest BCUT2D eigenvalue weighted by Crippen LogP contribution is 2.31. The van der Waals surface area contributed by atoms with Crippen LogP contribution in [0.2, 0.25) is 0 Å². The van der Waals surface area contributed by atoms with Crippen LogP contribution in [-0.4, -0.2) is 31.2 Å². The predicted octanol–water partition coefficient (Wildman–Crippen LogP) is 2.79. The van der Waals surface area contributed by atoms with Crippen LogP contribution in [0, 0.1) is 6.92 Å². The van der Waals surface area contributed by atoms with Crippen molar-refractivity contribution in [3.05, 3.63) is 23.8 Å². The number of aromatic nitrogens is 1. The fourth-order valence-electron chi connectivity index (χ4n) is 2.58. The maximum absolute atomic E-state index is 4.81. The van der Waals surface area contributed by atoms with E-state index in [-0.39, 0.29) is 0 Å². The predicted molar refractivity (Wildman–Crippen MR) is 78.7 cm³/mol. The number of hydrogen-bond donors (Lipinski definition) is 1. The third-order valence-corrected chi connectivity index (χ3v) is 4.88. The van der Waals surface area contributed by atoms with Crippen LogP contribution < -0.4 is 10.2 Å². The number of anilines is 1. The van der Waals surface area contributed by atoms with Crippen molar-refractivity contribution >= 4 is 26.7 Å². The van der Waals surface area contributed by atoms with E-state index in [2.05, 4.69) is 42.4 Å². The summed E-state index contributed by atoms with van der Waals surface area (Å²) in [7, 11) is 2.18. The molecule has 0 radical (unpaired) electrons. The summed E-state index contributed by atoms with van der Waals surface area (Å²) in [6.45, 7) is 4.38. The van der Waals surface area contributed by atoms with Crippen molar-refractivity contribution in [2.45, 2.75) is 25.8 Å². The molecule has 0 unspecified atom stereocenters. The molecule has 96 valence electrons. The summed E-state index contributed by atoms with van der Waals surface area (Å²) in [6, 6.07) is 7.05. The largest absolute Gasteiger partial charge is 0.348 e. The Labute approximate surface area is 112 Å². The normalized spacial score (nSPS) is 17.2. The summed E-state index contributed by atoms with van der Waals surface area (Å²) in [4.78, 5) is 7.18. The van der Waals surface area contributed by atoms with Crippen molar-refractivity contribution in [1.29, 1.82) is 0 Å². The Balaban J connectivity index is 1.91. The van der Waals surface area contributed by atoms with E-state index in [1.54, 1.807) is 0 Å². The molecule has 2 aromatic rings. The summed E-state index contributed by atoms with van der Waals surface area (Å²) >= 11 is 1.81. The molecule has 0 spiro atoms. The lowest BCUT2D eigenvalue weighted by Crippen LogP contribution is -2.41. The minimum Gasteiger partial charge on any atom is -0.348 e. The van der Waals surface area contributed by atoms with Crippen LogP contribution in [0.25, 0.3) is 10.2 Å². The van der Waals surface area contributed by atoms with Crippen LogP contribution in [0.1, 0.15) is 18.4 Å². The van der Waals surface area contributed by atoms with Crippen molar-refractivity contribution in [1.82, 2.24) is 10.3 Å². The van der Waals surface area contributed by atoms with Crippen molar-refractivity contribution in [2.24, 2.45) is 0 Å². The Morgan fingerprint density at radius 3 is 2.83 bits per heavy atom. The molecule has 1 aromatic carbocycles. The molecule has 1 N–H and O–H groups in total. The molecule has 2 heterocycles. The van der Waals surface area contributed by atoms with Gasteiger partial charge in [-0.05, 0) is 44.5 Å². The van der Waals surface area contributed by atoms with Crippen molar-refractivity contribution in [3.63, 3.8) is 0 Å². The summed E-state index contributed by atoms with van der Waals surface area (Å²) < 4.78 is 1.30. The molecule has 1 saturated heterocycles. The van der Waals surface area contributed by atoms with E-state index in [9.17, 15) is 0 Å². The van der Waals surface area contributed by atoms with Gasteiger partial charge in [-0.15, -0.1) is 0 Å². The number of hydrogen-bond acceptors (Lipinski definition) is 4. The minimum absolute atomic E-state index is 0.632. The lowest BCUT2D eigenvalue weighted by molar-refractivity contribution is 0.443. The van der Waals surface area contributed by atoms with E-state index in [0.29, 0.717) is 6.04 Å². The average Bonchev–Trinajstić information content (AvgIpc) is 2.84. The standard InChI is InChI=1S/C14H19N3S/c1-10-4-3-5-12-13(10)16-14(18-12)17(2)11-6-8-15-9-7-11/h3-5,11,15H,6-9H2,1-2H3. The zero-order valence-electron chi connectivity index (χ0n) is 10.9. The zero-order valence-corrected chi connectivity index (χ0v) is 11.8. The van der Waals surface area contributed by atoms with Gasteiger partial charge in [-0.3, -0.25) is 0 Å². The summed E-state index contributed by atoms with van der Waals surface area (Å²) in [5.41, 5.74) is 2.44. The fraction of sp³-hybridized carbons (Fsp3) is 0.500. The highest BCUT2D eigenvalue weighted by Gasteiger charge is 2.20. The maximum Gasteiger partial charge on any atom is 0.186 e. The van der Waals surface area contributed by atoms with E-state index >= 15 is 0 Å². The highest BCUT2D eigenvalue weighted by atomic mass is 32.1. The average molecular weight is 261 g/mol. The van der Waals surface area contributed by atoms with Crippen molar-refractivity contribution in [3.8, 4) is 0 Å². The molecule has 1 aliphatic heterocycles. The summed E-state index contributed by atoms with van der Waals surface area (Å²) in [6.07, 6.45) is 2.43. The van der Waals surface area contributed by atoms with E-state index in [0.717, 1.165) is 18.2 Å². The van der Waals surface area contributed by atoms with Crippen molar-refractivity contribution in [2.75, 3.05) is 25.0 Å². The van der Waals surface area contributed by atoms with Crippen LogP contribution in [0.3, 0.4) is 0 Å². The third kappa shape index (κ3) is 2.10. The molecule has 3 rings (SSSR count). The summed E-state index contributed by atoms with van der Waals surface area (Å²) in [5, 5.41) is 4.57. The second-order valence-electron chi connectivity index (χ2n) is 5.01. The number of rotatable bonds is 2. The molecule has 0 aliphatic carbocycles. The molecular weight excluding hydrogens is 242 g/mol. The molecule has 1 aromatic heterocycles. The molecule has 18 heavy (non-hydrogen) atoms. The molecule has 4 heteroatoms. The lowest BCUT2D eigenvalue weighted by Gasteiger charge is -2.31. The van der Waals surface area contributed by atoms with Gasteiger partial charge in [0.2, 0.25) is 0 Å². The van der Waals surface area contributed by atoms with Gasteiger partial charge >= 0.3 is 0 Å². The van der Waals surface area contributed by atoms with Gasteiger partial charge in [-0.25, -0.2) is 4.98 Å². The van der Waals surface area contributed by atoms with Crippen molar-refractivity contribution < 1.29 is 0 Å². The number of benzene rings is 1. The fourth-order valence-corrected chi connectivity index (χ4v) is 3.65. The lowest BCUT2D eigenvalue weighted by atomic mass is 10.1. The first-order valence-corrected chi connectivity index (χ1v) is 7.37. The Kier molecular flexibility index (Phi) is 3.22. The van der Waals surface area contributed by atoms with E-state index in [1.807, 2.05) is 11.3 Å². The van der Waals surface area contributed by atoms with Gasteiger partial charge in [0, 0.05) is 13.1 Å². The molecule has 0 amide bonds. The molecule has 0 bridgehead atoms. The van der Waals surface area contributed by atoms with Gasteiger partial charge in [-0.1, -0.05) is 23.5 Å². The number of nitrogens with zero attached hydrogens (tertiary/aromatic N) is 2. The molecule has 1 aliphatic rings. The van der Waals surface area contributed by atoms with E-state index in [1.165, 1.54) is 28.6 Å². The SMILES string of the molecule is Cc1cccc2sc(N(C)C3CCNCC3)nc12. The van der Waals surface area contributed by atoms with Gasteiger partial charge in [0.25, 0.3) is 0 Å². The number of piperidine rings is 1. The molecule has 3 nitrogen and oxygen atoms in total. The first kappa shape index (κ1) is 11.9. The van der Waals surface area contributed by atoms with Gasteiger partial charge in [0.15, 0.2) is 5.13 Å². The second kappa shape index (κ2) is 4.86. The molecule has 1 fully saturated rings. The topological polar surface area (TPSA) is 28.2 Å². The maximum atomic E-state index is 4.81. The number of para-hydroxylation sites is 1. The summed E-state index contributed by atoms with van der Waals surface area (Å²) in [5.74, 6) is 0. The minimum atomic E-state index is 0.632. The van der Waals surface area contributed by atoms with Gasteiger partial charge in [0.05, 0.1) is 10.2 Å². The van der Waals surface area contributed by atoms with E-state index in [4.69, 9.17) is 4.98 Å². The Morgan fingerprint density at radius 2 is 2.11 bits per heavy atom. The molecule has 0 atom stereocenters. The number of thiazole rings is 1. The zero-order chi connectivity index (χ0) is 12.5. The number of nitrogens with one attached hydrogen (secondary N) is 1. The quantitative estimate of drug-likeness (QED) is 0.901. The van der Waals surface area contributed by atoms with E-state index < -0.39 is 0 Å². The van der Waals surface area contributed by atoms with Gasteiger partial charge in [0.1, 0.15) is 0 Å². The second-order valence-corrected chi connectivity index (χ2v) is 6.02.